The van der Waals surface area contributed by atoms with E-state index in [2.05, 4.69) is 0 Å². The van der Waals surface area contributed by atoms with Crippen molar-refractivity contribution in [2.75, 3.05) is 13.1 Å². The van der Waals surface area contributed by atoms with E-state index in [1.165, 1.54) is 0 Å². The summed E-state index contributed by atoms with van der Waals surface area (Å²) in [5, 5.41) is 0. The monoisotopic (exact) mass is 321 g/mol. The summed E-state index contributed by atoms with van der Waals surface area (Å²) in [6, 6.07) is 15.1. The fourth-order valence-electron chi connectivity index (χ4n) is 3.49. The van der Waals surface area contributed by atoms with E-state index in [0.717, 1.165) is 37.1 Å². The number of ether oxygens (including phenoxy) is 1. The van der Waals surface area contributed by atoms with Gasteiger partial charge in [0.05, 0.1) is 5.56 Å². The SMILES string of the molecule is O=C1OC(c2ccccc2)Cc2cc(C(=O)N3CCCC3)ccc21. The predicted octanol–water partition coefficient (Wildman–Crippen LogP) is 3.38. The molecule has 24 heavy (non-hydrogen) atoms. The van der Waals surface area contributed by atoms with Crippen molar-refractivity contribution in [3.8, 4) is 0 Å². The molecule has 0 saturated carbocycles. The van der Waals surface area contributed by atoms with E-state index < -0.39 is 0 Å². The van der Waals surface area contributed by atoms with Gasteiger partial charge in [-0.2, -0.15) is 0 Å². The molecule has 4 heteroatoms. The normalized spacial score (nSPS) is 19.8. The summed E-state index contributed by atoms with van der Waals surface area (Å²) in [5.41, 5.74) is 3.11. The maximum absolute atomic E-state index is 12.6. The minimum Gasteiger partial charge on any atom is -0.454 e. The molecule has 1 atom stereocenters. The molecule has 0 aliphatic carbocycles. The van der Waals surface area contributed by atoms with Crippen molar-refractivity contribution in [2.24, 2.45) is 0 Å². The van der Waals surface area contributed by atoms with Crippen molar-refractivity contribution in [3.63, 3.8) is 0 Å². The minimum atomic E-state index is -0.315. The molecular formula is C20H19NO3. The van der Waals surface area contributed by atoms with E-state index in [9.17, 15) is 9.59 Å². The number of rotatable bonds is 2. The van der Waals surface area contributed by atoms with Gasteiger partial charge in [0.25, 0.3) is 5.91 Å². The van der Waals surface area contributed by atoms with Crippen LogP contribution in [0.4, 0.5) is 0 Å². The van der Waals surface area contributed by atoms with Gasteiger partial charge in [0.2, 0.25) is 0 Å². The number of carbonyl (C=O) groups excluding carboxylic acids is 2. The van der Waals surface area contributed by atoms with Gasteiger partial charge < -0.3 is 9.64 Å². The molecular weight excluding hydrogens is 302 g/mol. The molecule has 0 bridgehead atoms. The number of amides is 1. The zero-order chi connectivity index (χ0) is 16.5. The number of hydrogen-bond acceptors (Lipinski definition) is 3. The van der Waals surface area contributed by atoms with Gasteiger partial charge in [-0.3, -0.25) is 4.79 Å². The van der Waals surface area contributed by atoms with Crippen LogP contribution in [0.1, 0.15) is 50.8 Å². The first-order chi connectivity index (χ1) is 11.7. The largest absolute Gasteiger partial charge is 0.454 e. The Morgan fingerprint density at radius 3 is 2.54 bits per heavy atom. The van der Waals surface area contributed by atoms with Crippen molar-refractivity contribution in [3.05, 3.63) is 70.8 Å². The summed E-state index contributed by atoms with van der Waals surface area (Å²) in [6.45, 7) is 1.65. The highest BCUT2D eigenvalue weighted by molar-refractivity contribution is 5.97. The highest BCUT2D eigenvalue weighted by Crippen LogP contribution is 2.31. The number of cyclic esters (lactones) is 1. The summed E-state index contributed by atoms with van der Waals surface area (Å²) in [7, 11) is 0. The molecule has 2 aliphatic heterocycles. The first-order valence-electron chi connectivity index (χ1n) is 8.40. The number of benzene rings is 2. The van der Waals surface area contributed by atoms with E-state index >= 15 is 0 Å². The van der Waals surface area contributed by atoms with Crippen LogP contribution in [-0.4, -0.2) is 29.9 Å². The van der Waals surface area contributed by atoms with Gasteiger partial charge in [-0.1, -0.05) is 30.3 Å². The predicted molar refractivity (Wildman–Crippen MR) is 89.9 cm³/mol. The lowest BCUT2D eigenvalue weighted by Crippen LogP contribution is -2.28. The summed E-state index contributed by atoms with van der Waals surface area (Å²) in [4.78, 5) is 26.8. The van der Waals surface area contributed by atoms with Crippen LogP contribution in [0.5, 0.6) is 0 Å². The molecule has 1 saturated heterocycles. The Hall–Kier alpha value is -2.62. The van der Waals surface area contributed by atoms with Crippen LogP contribution in [0.25, 0.3) is 0 Å². The van der Waals surface area contributed by atoms with E-state index in [1.54, 1.807) is 12.1 Å². The van der Waals surface area contributed by atoms with Crippen molar-refractivity contribution in [1.29, 1.82) is 0 Å². The number of likely N-dealkylation sites (tertiary alicyclic amines) is 1. The van der Waals surface area contributed by atoms with Crippen molar-refractivity contribution < 1.29 is 14.3 Å². The van der Waals surface area contributed by atoms with Crippen LogP contribution in [0, 0.1) is 0 Å². The second kappa shape index (κ2) is 6.11. The second-order valence-corrected chi connectivity index (χ2v) is 6.38. The standard InChI is InChI=1S/C20H19NO3/c22-19(21-10-4-5-11-21)15-8-9-17-16(12-15)13-18(24-20(17)23)14-6-2-1-3-7-14/h1-3,6-9,12,18H,4-5,10-11,13H2. The van der Waals surface area contributed by atoms with E-state index in [4.69, 9.17) is 4.74 Å². The molecule has 122 valence electrons. The summed E-state index contributed by atoms with van der Waals surface area (Å²) in [5.74, 6) is -0.254. The molecule has 0 aromatic heterocycles. The van der Waals surface area contributed by atoms with E-state index in [-0.39, 0.29) is 18.0 Å². The molecule has 1 fully saturated rings. The van der Waals surface area contributed by atoms with Gasteiger partial charge in [-0.05, 0) is 42.2 Å². The number of fused-ring (bicyclic) bond motifs is 1. The quantitative estimate of drug-likeness (QED) is 0.797. The topological polar surface area (TPSA) is 46.6 Å². The Labute approximate surface area is 141 Å². The molecule has 2 aromatic rings. The number of esters is 1. The van der Waals surface area contributed by atoms with Crippen LogP contribution in [0.3, 0.4) is 0 Å². The van der Waals surface area contributed by atoms with Crippen LogP contribution in [-0.2, 0) is 11.2 Å². The third-order valence-corrected chi connectivity index (χ3v) is 4.79. The fourth-order valence-corrected chi connectivity index (χ4v) is 3.49. The smallest absolute Gasteiger partial charge is 0.339 e. The van der Waals surface area contributed by atoms with Crippen molar-refractivity contribution in [1.82, 2.24) is 4.90 Å². The third-order valence-electron chi connectivity index (χ3n) is 4.79. The summed E-state index contributed by atoms with van der Waals surface area (Å²) >= 11 is 0. The molecule has 0 radical (unpaired) electrons. The third kappa shape index (κ3) is 2.68. The van der Waals surface area contributed by atoms with Crippen LogP contribution < -0.4 is 0 Å². The van der Waals surface area contributed by atoms with Gasteiger partial charge in [0, 0.05) is 25.1 Å². The Kier molecular flexibility index (Phi) is 3.81. The van der Waals surface area contributed by atoms with Gasteiger partial charge in [0.15, 0.2) is 0 Å². The van der Waals surface area contributed by atoms with Crippen molar-refractivity contribution >= 4 is 11.9 Å². The molecule has 2 aliphatic rings. The lowest BCUT2D eigenvalue weighted by Gasteiger charge is -2.25. The van der Waals surface area contributed by atoms with E-state index in [1.807, 2.05) is 41.3 Å². The lowest BCUT2D eigenvalue weighted by atomic mass is 9.93. The van der Waals surface area contributed by atoms with Gasteiger partial charge >= 0.3 is 5.97 Å². The zero-order valence-corrected chi connectivity index (χ0v) is 13.4. The molecule has 4 nitrogen and oxygen atoms in total. The fraction of sp³-hybridized carbons (Fsp3) is 0.300. The first kappa shape index (κ1) is 14.9. The summed E-state index contributed by atoms with van der Waals surface area (Å²) < 4.78 is 5.56. The zero-order valence-electron chi connectivity index (χ0n) is 13.4. The Morgan fingerprint density at radius 1 is 1.04 bits per heavy atom. The van der Waals surface area contributed by atoms with Gasteiger partial charge in [-0.15, -0.1) is 0 Å². The highest BCUT2D eigenvalue weighted by Gasteiger charge is 2.29. The molecule has 0 spiro atoms. The Morgan fingerprint density at radius 2 is 1.79 bits per heavy atom. The lowest BCUT2D eigenvalue weighted by molar-refractivity contribution is 0.0252. The van der Waals surface area contributed by atoms with Gasteiger partial charge in [-0.25, -0.2) is 4.79 Å². The van der Waals surface area contributed by atoms with E-state index in [0.29, 0.717) is 17.5 Å². The second-order valence-electron chi connectivity index (χ2n) is 6.38. The Bertz CT molecular complexity index is 779. The maximum Gasteiger partial charge on any atom is 0.339 e. The highest BCUT2D eigenvalue weighted by atomic mass is 16.5. The average molecular weight is 321 g/mol. The van der Waals surface area contributed by atoms with Crippen LogP contribution in [0.15, 0.2) is 48.5 Å². The minimum absolute atomic E-state index is 0.0606. The first-order valence-corrected chi connectivity index (χ1v) is 8.40. The number of nitrogens with zero attached hydrogens (tertiary/aromatic N) is 1. The average Bonchev–Trinajstić information content (AvgIpc) is 3.16. The maximum atomic E-state index is 12.6. The molecule has 1 amide bonds. The molecule has 2 aromatic carbocycles. The molecule has 1 unspecified atom stereocenters. The number of carbonyl (C=O) groups is 2. The molecule has 2 heterocycles. The summed E-state index contributed by atoms with van der Waals surface area (Å²) in [6.07, 6.45) is 2.45. The Balaban J connectivity index is 1.63. The van der Waals surface area contributed by atoms with Crippen molar-refractivity contribution in [2.45, 2.75) is 25.4 Å². The molecule has 0 N–H and O–H groups in total. The van der Waals surface area contributed by atoms with Gasteiger partial charge in [0.1, 0.15) is 6.10 Å². The van der Waals surface area contributed by atoms with Crippen LogP contribution >= 0.6 is 0 Å². The number of hydrogen-bond donors (Lipinski definition) is 0. The molecule has 4 rings (SSSR count). The van der Waals surface area contributed by atoms with Crippen LogP contribution in [0.2, 0.25) is 0 Å².